The van der Waals surface area contributed by atoms with E-state index in [1.165, 1.54) is 36.4 Å². The lowest BCUT2D eigenvalue weighted by Gasteiger charge is -2.10. The topological polar surface area (TPSA) is 325 Å². The summed E-state index contributed by atoms with van der Waals surface area (Å²) in [6.07, 6.45) is -4.80. The molecule has 6 rings (SSSR count). The number of phenols is 3. The smallest absolute Gasteiger partial charge is 0.506 e. The number of alkyl halides is 3. The van der Waals surface area contributed by atoms with Gasteiger partial charge in [-0.15, -0.1) is 13.2 Å². The van der Waals surface area contributed by atoms with E-state index in [1.54, 1.807) is 26.0 Å². The van der Waals surface area contributed by atoms with Gasteiger partial charge in [0.25, 0.3) is 29.3 Å². The Bertz CT molecular complexity index is 2770. The molecule has 0 saturated heterocycles. The molecule has 72 heavy (non-hydrogen) atoms. The number of phenolic OH excluding ortho intramolecular Hbond substituents is 3. The Morgan fingerprint density at radius 3 is 1.56 bits per heavy atom. The van der Waals surface area contributed by atoms with Gasteiger partial charge in [-0.25, -0.2) is 14.4 Å². The molecule has 0 fully saturated rings. The number of amidine groups is 1. The van der Waals surface area contributed by atoms with Gasteiger partial charge in [-0.05, 0) is 169 Å². The average Bonchev–Trinajstić information content (AvgIpc) is 4.00. The molecule has 0 aliphatic heterocycles. The summed E-state index contributed by atoms with van der Waals surface area (Å²) < 4.78 is 62.2. The number of carboxylic acids is 1. The number of hydrogen-bond donors (Lipinski definition) is 7. The second kappa shape index (κ2) is 30.9. The number of halogens is 9. The fourth-order valence-corrected chi connectivity index (χ4v) is 8.04. The number of aromatic hydroxyl groups is 3. The molecule has 1 amide bonds. The Balaban J connectivity index is 0.00000101. The molecule has 6 aromatic rings. The first-order chi connectivity index (χ1) is 32.4. The van der Waals surface area contributed by atoms with Crippen LogP contribution in [0.25, 0.3) is 22.9 Å². The van der Waals surface area contributed by atoms with Gasteiger partial charge in [0.1, 0.15) is 23.0 Å². The van der Waals surface area contributed by atoms with Crippen LogP contribution in [0.2, 0.25) is 0 Å². The highest BCUT2D eigenvalue weighted by Crippen LogP contribution is 2.38. The van der Waals surface area contributed by atoms with E-state index in [0.29, 0.717) is 43.5 Å². The normalized spacial score (nSPS) is 10.3. The lowest BCUT2D eigenvalue weighted by atomic mass is 10.2. The third-order valence-electron chi connectivity index (χ3n) is 7.48. The molecule has 2 heterocycles. The van der Waals surface area contributed by atoms with Crippen molar-refractivity contribution in [3.63, 3.8) is 0 Å². The molecule has 0 bridgehead atoms. The van der Waals surface area contributed by atoms with Crippen molar-refractivity contribution in [2.75, 3.05) is 13.2 Å². The van der Waals surface area contributed by atoms with Crippen LogP contribution in [0.15, 0.2) is 102 Å². The fraction of sp³-hybridized carbons (Fsp3) is 0.214. The molecular formula is C42H42Br6F3N7O14. The Morgan fingerprint density at radius 2 is 1.14 bits per heavy atom. The molecule has 392 valence electrons. The van der Waals surface area contributed by atoms with E-state index in [-0.39, 0.29) is 88.3 Å². The summed E-state index contributed by atoms with van der Waals surface area (Å²) in [5, 5.41) is 57.1. The molecule has 0 spiro atoms. The number of carboxylic acid groups (broad SMARTS) is 1. The van der Waals surface area contributed by atoms with Gasteiger partial charge >= 0.3 is 24.3 Å². The number of carbonyl (C=O) groups is 4. The number of nitrogens with zero attached hydrogens (tertiary/aromatic N) is 5. The van der Waals surface area contributed by atoms with Crippen molar-refractivity contribution in [3.8, 4) is 45.9 Å². The molecular weight excluding hydrogens is 1360 g/mol. The first-order valence-electron chi connectivity index (χ1n) is 18.3. The van der Waals surface area contributed by atoms with Crippen molar-refractivity contribution in [2.45, 2.75) is 49.0 Å². The van der Waals surface area contributed by atoms with E-state index < -0.39 is 41.8 Å². The molecule has 0 unspecified atom stereocenters. The van der Waals surface area contributed by atoms with Crippen LogP contribution in [-0.2, 0) is 20.8 Å². The highest BCUT2D eigenvalue weighted by atomic mass is 79.9. The number of hydrogen-bond acceptors (Lipinski definition) is 18. The van der Waals surface area contributed by atoms with E-state index in [4.69, 9.17) is 29.8 Å². The third kappa shape index (κ3) is 20.4. The number of esters is 2. The summed E-state index contributed by atoms with van der Waals surface area (Å²) in [7, 11) is 0. The van der Waals surface area contributed by atoms with Gasteiger partial charge in [0, 0.05) is 17.7 Å². The molecule has 30 heteroatoms. The van der Waals surface area contributed by atoms with Gasteiger partial charge in [0.15, 0.2) is 0 Å². The second-order valence-electron chi connectivity index (χ2n) is 12.3. The zero-order chi connectivity index (χ0) is 51.7. The predicted octanol–water partition coefficient (Wildman–Crippen LogP) is 11.8. The number of carbonyl (C=O) groups excluding carboxylic acids is 3. The fourth-order valence-electron chi connectivity index (χ4n) is 4.48. The molecule has 8 N–H and O–H groups in total. The maximum absolute atomic E-state index is 12.3. The van der Waals surface area contributed by atoms with Gasteiger partial charge in [-0.3, -0.25) is 4.79 Å². The van der Waals surface area contributed by atoms with Crippen molar-refractivity contribution in [3.05, 3.63) is 110 Å². The molecule has 0 radical (unpaired) electrons. The average molecular weight is 1410 g/mol. The standard InChI is InChI=1S/C17H10Br2F3N3O4.C11H8Br2N2O4.C7H4Br2O3.C4H8N2O3.3CH4/c18-11-5-9(6-12(19)13(11)26)16-24-14(25-29-16)15(27)23-7-8-2-1-3-10(4-8)28-17(20,21)22;1-2-18-11(17)9-14-10(19-15-9)5-3-6(12)8(16)7(13)4-5;8-4-1-3(7(11)12)2-5(9)6(4)10;1-2-9-4(7)3(5)6-8;;;/h1-6,26H,7H2,(H,23,27);3-4,16H,2H2,1H3;1-2,10H,(H,11,12);8H,2H2,1H3,(H2,5,6);3*1H4. The van der Waals surface area contributed by atoms with Gasteiger partial charge in [-0.2, -0.15) is 9.97 Å². The van der Waals surface area contributed by atoms with Crippen molar-refractivity contribution in [1.82, 2.24) is 25.6 Å². The number of nitrogens with two attached hydrogens (primary N) is 1. The van der Waals surface area contributed by atoms with Crippen molar-refractivity contribution in [2.24, 2.45) is 10.9 Å². The molecule has 0 aliphatic carbocycles. The van der Waals surface area contributed by atoms with Crippen LogP contribution in [0.1, 0.15) is 73.3 Å². The minimum absolute atomic E-state index is 0. The van der Waals surface area contributed by atoms with Gasteiger partial charge in [0.05, 0.1) is 45.6 Å². The summed E-state index contributed by atoms with van der Waals surface area (Å²) in [6.45, 7) is 3.69. The zero-order valence-corrected chi connectivity index (χ0v) is 44.0. The number of ether oxygens (including phenoxy) is 3. The Kier molecular flexibility index (Phi) is 28.4. The number of aromatic carboxylic acids is 1. The van der Waals surface area contributed by atoms with Crippen LogP contribution < -0.4 is 15.8 Å². The molecule has 0 aliphatic rings. The lowest BCUT2D eigenvalue weighted by molar-refractivity contribution is -0.274. The summed E-state index contributed by atoms with van der Waals surface area (Å²) in [5.41, 5.74) is 6.33. The SMILES string of the molecule is C.C.C.CCOC(=O)/C(N)=N/O.CCOC(=O)c1noc(-c2cc(Br)c(O)c(Br)c2)n1.O=C(NCc1cccc(OC(F)(F)F)c1)c1noc(-c2cc(Br)c(O)c(Br)c2)n1.O=C(O)c1cc(Br)c(O)c(Br)c1. The summed E-state index contributed by atoms with van der Waals surface area (Å²) in [6, 6.07) is 14.1. The summed E-state index contributed by atoms with van der Waals surface area (Å²) in [4.78, 5) is 52.4. The van der Waals surface area contributed by atoms with Gasteiger partial charge in [-0.1, -0.05) is 44.7 Å². The van der Waals surface area contributed by atoms with Crippen LogP contribution >= 0.6 is 95.6 Å². The number of nitrogens with one attached hydrogen (secondary N) is 1. The van der Waals surface area contributed by atoms with E-state index in [0.717, 1.165) is 12.1 Å². The quantitative estimate of drug-likeness (QED) is 0.0220. The molecule has 0 atom stereocenters. The van der Waals surface area contributed by atoms with Crippen molar-refractivity contribution >= 4 is 125 Å². The van der Waals surface area contributed by atoms with Crippen LogP contribution in [0.4, 0.5) is 13.2 Å². The minimum Gasteiger partial charge on any atom is -0.506 e. The largest absolute Gasteiger partial charge is 0.573 e. The Labute approximate surface area is 458 Å². The van der Waals surface area contributed by atoms with Gasteiger partial charge < -0.3 is 59.9 Å². The first kappa shape index (κ1) is 66.2. The lowest BCUT2D eigenvalue weighted by Crippen LogP contribution is -2.25. The summed E-state index contributed by atoms with van der Waals surface area (Å²) in [5.74, 6) is -4.24. The number of benzene rings is 4. The number of amides is 1. The number of aromatic nitrogens is 4. The van der Waals surface area contributed by atoms with Crippen LogP contribution in [0.3, 0.4) is 0 Å². The second-order valence-corrected chi connectivity index (χ2v) is 17.4. The summed E-state index contributed by atoms with van der Waals surface area (Å²) >= 11 is 18.8. The highest BCUT2D eigenvalue weighted by Gasteiger charge is 2.31. The molecule has 2 aromatic heterocycles. The maximum atomic E-state index is 12.3. The highest BCUT2D eigenvalue weighted by molar-refractivity contribution is 9.12. The third-order valence-corrected chi connectivity index (χ3v) is 11.1. The number of rotatable bonds is 10. The van der Waals surface area contributed by atoms with Crippen molar-refractivity contribution < 1.29 is 81.2 Å². The Hall–Kier alpha value is -5.82. The van der Waals surface area contributed by atoms with E-state index in [1.807, 2.05) is 0 Å². The first-order valence-corrected chi connectivity index (χ1v) is 23.0. The van der Waals surface area contributed by atoms with E-state index in [9.17, 15) is 47.7 Å². The van der Waals surface area contributed by atoms with Crippen molar-refractivity contribution in [1.29, 1.82) is 0 Å². The Morgan fingerprint density at radius 1 is 0.708 bits per heavy atom. The predicted molar refractivity (Wildman–Crippen MR) is 275 cm³/mol. The van der Waals surface area contributed by atoms with Gasteiger partial charge in [0.2, 0.25) is 5.84 Å². The minimum atomic E-state index is -4.80. The van der Waals surface area contributed by atoms with E-state index >= 15 is 0 Å². The van der Waals surface area contributed by atoms with Crippen LogP contribution in [0, 0.1) is 0 Å². The van der Waals surface area contributed by atoms with Crippen LogP contribution in [0.5, 0.6) is 23.0 Å². The monoisotopic (exact) mass is 1400 g/mol. The molecule has 4 aromatic carbocycles. The number of oxime groups is 1. The maximum Gasteiger partial charge on any atom is 0.573 e. The molecule has 21 nitrogen and oxygen atoms in total. The zero-order valence-electron chi connectivity index (χ0n) is 34.5. The van der Waals surface area contributed by atoms with E-state index in [2.05, 4.69) is 136 Å². The molecule has 0 saturated carbocycles. The van der Waals surface area contributed by atoms with Crippen LogP contribution in [-0.4, -0.2) is 95.1 Å².